The molecule has 2 N–H and O–H groups in total. The molecular formula is C14H25N3O2S. The predicted octanol–water partition coefficient (Wildman–Crippen LogP) is 2.09. The van der Waals surface area contributed by atoms with Crippen molar-refractivity contribution in [2.45, 2.75) is 57.0 Å². The zero-order valence-electron chi connectivity index (χ0n) is 12.4. The molecule has 5 nitrogen and oxygen atoms in total. The van der Waals surface area contributed by atoms with Crippen LogP contribution in [0.2, 0.25) is 0 Å². The van der Waals surface area contributed by atoms with Crippen molar-refractivity contribution >= 4 is 10.0 Å². The molecule has 2 heterocycles. The third-order valence-corrected chi connectivity index (χ3v) is 5.74. The molecule has 0 spiro atoms. The van der Waals surface area contributed by atoms with Gasteiger partial charge in [-0.05, 0) is 32.8 Å². The van der Waals surface area contributed by atoms with E-state index in [1.807, 2.05) is 18.4 Å². The summed E-state index contributed by atoms with van der Waals surface area (Å²) in [5, 5.41) is 0. The largest absolute Gasteiger partial charge is 0.346 e. The Morgan fingerprint density at radius 2 is 1.80 bits per heavy atom. The van der Waals surface area contributed by atoms with E-state index in [2.05, 4.69) is 0 Å². The fourth-order valence-corrected chi connectivity index (χ4v) is 4.28. The Kier molecular flexibility index (Phi) is 4.88. The molecule has 0 atom stereocenters. The van der Waals surface area contributed by atoms with Gasteiger partial charge in [0.2, 0.25) is 10.0 Å². The number of nitrogens with two attached hydrogens (primary N) is 1. The maximum atomic E-state index is 12.7. The maximum absolute atomic E-state index is 12.7. The summed E-state index contributed by atoms with van der Waals surface area (Å²) in [6.45, 7) is 5.68. The number of hydrogen-bond donors (Lipinski definition) is 1. The minimum Gasteiger partial charge on any atom is -0.346 e. The Morgan fingerprint density at radius 3 is 2.25 bits per heavy atom. The first kappa shape index (κ1) is 15.5. The maximum Gasteiger partial charge on any atom is 0.244 e. The van der Waals surface area contributed by atoms with Crippen molar-refractivity contribution < 1.29 is 8.42 Å². The highest BCUT2D eigenvalue weighted by atomic mass is 32.2. The Labute approximate surface area is 121 Å². The molecule has 1 aliphatic rings. The van der Waals surface area contributed by atoms with Gasteiger partial charge in [-0.1, -0.05) is 12.8 Å². The Balaban J connectivity index is 2.33. The van der Waals surface area contributed by atoms with Crippen molar-refractivity contribution in [2.24, 2.45) is 5.73 Å². The summed E-state index contributed by atoms with van der Waals surface area (Å²) in [6, 6.07) is 1.93. The zero-order chi connectivity index (χ0) is 14.8. The van der Waals surface area contributed by atoms with Gasteiger partial charge in [0.1, 0.15) is 4.90 Å². The Bertz CT molecular complexity index is 541. The lowest BCUT2D eigenvalue weighted by Crippen LogP contribution is -2.31. The molecule has 1 aromatic heterocycles. The quantitative estimate of drug-likeness (QED) is 0.925. The molecule has 1 fully saturated rings. The van der Waals surface area contributed by atoms with E-state index in [-0.39, 0.29) is 6.04 Å². The van der Waals surface area contributed by atoms with E-state index < -0.39 is 10.0 Å². The molecule has 2 rings (SSSR count). The average Bonchev–Trinajstić information content (AvgIpc) is 2.66. The lowest BCUT2D eigenvalue weighted by atomic mass is 10.2. The molecule has 114 valence electrons. The highest BCUT2D eigenvalue weighted by molar-refractivity contribution is 7.89. The van der Waals surface area contributed by atoms with Crippen LogP contribution in [0.25, 0.3) is 0 Å². The third-order valence-electron chi connectivity index (χ3n) is 3.88. The lowest BCUT2D eigenvalue weighted by molar-refractivity contribution is 0.423. The van der Waals surface area contributed by atoms with E-state index in [1.165, 1.54) is 0 Å². The first-order valence-corrected chi connectivity index (χ1v) is 8.82. The van der Waals surface area contributed by atoms with Crippen LogP contribution >= 0.6 is 0 Å². The molecule has 20 heavy (non-hydrogen) atoms. The fourth-order valence-electron chi connectivity index (χ4n) is 2.71. The van der Waals surface area contributed by atoms with Crippen molar-refractivity contribution in [3.05, 3.63) is 18.0 Å². The summed E-state index contributed by atoms with van der Waals surface area (Å²) in [4.78, 5) is 0.383. The average molecular weight is 299 g/mol. The molecule has 0 aromatic carbocycles. The van der Waals surface area contributed by atoms with E-state index in [1.54, 1.807) is 16.6 Å². The van der Waals surface area contributed by atoms with Gasteiger partial charge >= 0.3 is 0 Å². The summed E-state index contributed by atoms with van der Waals surface area (Å²) in [6.07, 6.45) is 5.87. The molecular weight excluding hydrogens is 274 g/mol. The van der Waals surface area contributed by atoms with Crippen LogP contribution in [-0.2, 0) is 16.6 Å². The van der Waals surface area contributed by atoms with E-state index in [0.29, 0.717) is 24.5 Å². The smallest absolute Gasteiger partial charge is 0.244 e. The Hall–Kier alpha value is -0.850. The van der Waals surface area contributed by atoms with Gasteiger partial charge in [-0.3, -0.25) is 0 Å². The summed E-state index contributed by atoms with van der Waals surface area (Å²) >= 11 is 0. The SMILES string of the molecule is CC(C)n1cc(S(=O)(=O)N2CCCCCC2)cc1CN. The third kappa shape index (κ3) is 3.07. The normalized spacial score (nSPS) is 18.4. The van der Waals surface area contributed by atoms with Gasteiger partial charge in [0.05, 0.1) is 0 Å². The van der Waals surface area contributed by atoms with Gasteiger partial charge in [-0.2, -0.15) is 4.31 Å². The van der Waals surface area contributed by atoms with Crippen molar-refractivity contribution in [3.63, 3.8) is 0 Å². The van der Waals surface area contributed by atoms with Crippen LogP contribution in [0.5, 0.6) is 0 Å². The first-order valence-electron chi connectivity index (χ1n) is 7.38. The summed E-state index contributed by atoms with van der Waals surface area (Å²) < 4.78 is 29.0. The van der Waals surface area contributed by atoms with Gasteiger partial charge in [0.25, 0.3) is 0 Å². The minimum atomic E-state index is -3.37. The molecule has 0 unspecified atom stereocenters. The van der Waals surface area contributed by atoms with E-state index in [9.17, 15) is 8.42 Å². The van der Waals surface area contributed by atoms with Crippen LogP contribution in [0.1, 0.15) is 51.3 Å². The highest BCUT2D eigenvalue weighted by Gasteiger charge is 2.27. The molecule has 0 saturated carbocycles. The predicted molar refractivity (Wildman–Crippen MR) is 79.9 cm³/mol. The second kappa shape index (κ2) is 6.28. The van der Waals surface area contributed by atoms with Crippen molar-refractivity contribution in [3.8, 4) is 0 Å². The van der Waals surface area contributed by atoms with Crippen LogP contribution in [0.3, 0.4) is 0 Å². The molecule has 0 radical (unpaired) electrons. The monoisotopic (exact) mass is 299 g/mol. The number of hydrogen-bond acceptors (Lipinski definition) is 3. The van der Waals surface area contributed by atoms with Crippen molar-refractivity contribution in [1.82, 2.24) is 8.87 Å². The lowest BCUT2D eigenvalue weighted by Gasteiger charge is -2.19. The van der Waals surface area contributed by atoms with Crippen LogP contribution in [0.15, 0.2) is 17.2 Å². The van der Waals surface area contributed by atoms with Crippen molar-refractivity contribution in [2.75, 3.05) is 13.1 Å². The van der Waals surface area contributed by atoms with Gasteiger partial charge in [0.15, 0.2) is 0 Å². The zero-order valence-corrected chi connectivity index (χ0v) is 13.2. The molecule has 0 aliphatic carbocycles. The molecule has 0 bridgehead atoms. The second-order valence-corrected chi connectivity index (χ2v) is 7.63. The number of sulfonamides is 1. The van der Waals surface area contributed by atoms with E-state index in [0.717, 1.165) is 31.4 Å². The summed E-state index contributed by atoms with van der Waals surface area (Å²) in [5.74, 6) is 0. The fraction of sp³-hybridized carbons (Fsp3) is 0.714. The number of rotatable bonds is 4. The molecule has 1 saturated heterocycles. The van der Waals surface area contributed by atoms with Crippen LogP contribution in [-0.4, -0.2) is 30.4 Å². The van der Waals surface area contributed by atoms with E-state index in [4.69, 9.17) is 5.73 Å². The number of aromatic nitrogens is 1. The Morgan fingerprint density at radius 1 is 1.20 bits per heavy atom. The van der Waals surface area contributed by atoms with Crippen LogP contribution < -0.4 is 5.73 Å². The first-order chi connectivity index (χ1) is 9.46. The topological polar surface area (TPSA) is 68.3 Å². The molecule has 0 amide bonds. The van der Waals surface area contributed by atoms with Gasteiger partial charge in [-0.15, -0.1) is 0 Å². The van der Waals surface area contributed by atoms with Crippen LogP contribution in [0.4, 0.5) is 0 Å². The highest BCUT2D eigenvalue weighted by Crippen LogP contribution is 2.24. The second-order valence-electron chi connectivity index (χ2n) is 5.69. The summed E-state index contributed by atoms with van der Waals surface area (Å²) in [7, 11) is -3.37. The van der Waals surface area contributed by atoms with Gasteiger partial charge in [-0.25, -0.2) is 8.42 Å². The van der Waals surface area contributed by atoms with Gasteiger partial charge in [0, 0.05) is 37.6 Å². The molecule has 1 aromatic rings. The molecule has 6 heteroatoms. The summed E-state index contributed by atoms with van der Waals surface area (Å²) in [5.41, 5.74) is 6.59. The standard InChI is InChI=1S/C14H25N3O2S/c1-12(2)17-11-14(9-13(17)10-15)20(18,19)16-7-5-3-4-6-8-16/h9,11-12H,3-8,10,15H2,1-2H3. The minimum absolute atomic E-state index is 0.210. The van der Waals surface area contributed by atoms with Crippen LogP contribution in [0, 0.1) is 0 Å². The van der Waals surface area contributed by atoms with E-state index >= 15 is 0 Å². The van der Waals surface area contributed by atoms with Crippen molar-refractivity contribution in [1.29, 1.82) is 0 Å². The van der Waals surface area contributed by atoms with Gasteiger partial charge < -0.3 is 10.3 Å². The molecule has 1 aliphatic heterocycles. The number of nitrogens with zero attached hydrogens (tertiary/aromatic N) is 2.